The van der Waals surface area contributed by atoms with Gasteiger partial charge in [-0.1, -0.05) is 0 Å². The summed E-state index contributed by atoms with van der Waals surface area (Å²) < 4.78 is 2.07. The van der Waals surface area contributed by atoms with Gasteiger partial charge in [0.1, 0.15) is 12.2 Å². The molecule has 18 heavy (non-hydrogen) atoms. The Kier molecular flexibility index (Phi) is 3.99. The van der Waals surface area contributed by atoms with E-state index in [0.29, 0.717) is 13.1 Å². The average Bonchev–Trinajstić information content (AvgIpc) is 2.72. The standard InChI is InChI=1S/C12H23N5O/c1-12(2,3)13-6-10(18)7-16-4-5-17-9-14-15-11(17)8-16/h9-10,13,18H,4-8H2,1-3H3. The first kappa shape index (κ1) is 13.5. The number of aliphatic hydroxyl groups excluding tert-OH is 1. The Morgan fingerprint density at radius 1 is 1.44 bits per heavy atom. The summed E-state index contributed by atoms with van der Waals surface area (Å²) in [6.07, 6.45) is 1.42. The Hall–Kier alpha value is -0.980. The second-order valence-corrected chi connectivity index (χ2v) is 5.96. The van der Waals surface area contributed by atoms with E-state index in [0.717, 1.165) is 25.5 Å². The van der Waals surface area contributed by atoms with Crippen LogP contribution in [0.5, 0.6) is 0 Å². The number of hydrogen-bond acceptors (Lipinski definition) is 5. The molecule has 0 amide bonds. The van der Waals surface area contributed by atoms with E-state index in [4.69, 9.17) is 0 Å². The summed E-state index contributed by atoms with van der Waals surface area (Å²) in [5, 5.41) is 21.3. The highest BCUT2D eigenvalue weighted by Crippen LogP contribution is 2.09. The number of aliphatic hydroxyl groups is 1. The van der Waals surface area contributed by atoms with Crippen LogP contribution in [0.25, 0.3) is 0 Å². The van der Waals surface area contributed by atoms with Gasteiger partial charge in [-0.3, -0.25) is 4.90 Å². The van der Waals surface area contributed by atoms with E-state index in [9.17, 15) is 5.11 Å². The van der Waals surface area contributed by atoms with Gasteiger partial charge in [0.05, 0.1) is 12.6 Å². The third kappa shape index (κ3) is 3.76. The van der Waals surface area contributed by atoms with Crippen molar-refractivity contribution in [3.05, 3.63) is 12.2 Å². The summed E-state index contributed by atoms with van der Waals surface area (Å²) >= 11 is 0. The second kappa shape index (κ2) is 5.34. The van der Waals surface area contributed by atoms with Gasteiger partial charge in [-0.2, -0.15) is 0 Å². The molecule has 0 bridgehead atoms. The Morgan fingerprint density at radius 3 is 2.94 bits per heavy atom. The molecule has 0 aromatic carbocycles. The van der Waals surface area contributed by atoms with E-state index in [2.05, 4.69) is 45.8 Å². The molecule has 1 aliphatic heterocycles. The molecule has 2 heterocycles. The van der Waals surface area contributed by atoms with Crippen LogP contribution in [0.1, 0.15) is 26.6 Å². The van der Waals surface area contributed by atoms with Gasteiger partial charge in [-0.05, 0) is 20.8 Å². The van der Waals surface area contributed by atoms with E-state index in [1.807, 2.05) is 0 Å². The smallest absolute Gasteiger partial charge is 0.147 e. The zero-order valence-corrected chi connectivity index (χ0v) is 11.4. The summed E-state index contributed by atoms with van der Waals surface area (Å²) in [6, 6.07) is 0. The molecular formula is C12H23N5O. The minimum Gasteiger partial charge on any atom is -0.390 e. The van der Waals surface area contributed by atoms with Gasteiger partial charge in [-0.15, -0.1) is 10.2 Å². The van der Waals surface area contributed by atoms with E-state index < -0.39 is 0 Å². The molecule has 1 aromatic rings. The van der Waals surface area contributed by atoms with Crippen LogP contribution in [0.15, 0.2) is 6.33 Å². The lowest BCUT2D eigenvalue weighted by atomic mass is 10.1. The first-order chi connectivity index (χ1) is 8.44. The number of aromatic nitrogens is 3. The van der Waals surface area contributed by atoms with Gasteiger partial charge in [0.15, 0.2) is 0 Å². The van der Waals surface area contributed by atoms with Crippen molar-refractivity contribution in [1.29, 1.82) is 0 Å². The van der Waals surface area contributed by atoms with Crippen LogP contribution in [-0.2, 0) is 13.1 Å². The lowest BCUT2D eigenvalue weighted by Crippen LogP contribution is -2.46. The molecule has 0 radical (unpaired) electrons. The molecule has 0 saturated heterocycles. The Morgan fingerprint density at radius 2 is 2.22 bits per heavy atom. The van der Waals surface area contributed by atoms with Gasteiger partial charge >= 0.3 is 0 Å². The fourth-order valence-electron chi connectivity index (χ4n) is 2.06. The molecule has 102 valence electrons. The highest BCUT2D eigenvalue weighted by Gasteiger charge is 2.20. The van der Waals surface area contributed by atoms with Gasteiger partial charge in [0.25, 0.3) is 0 Å². The van der Waals surface area contributed by atoms with Crippen molar-refractivity contribution >= 4 is 0 Å². The highest BCUT2D eigenvalue weighted by molar-refractivity contribution is 4.90. The molecule has 1 aliphatic rings. The highest BCUT2D eigenvalue weighted by atomic mass is 16.3. The van der Waals surface area contributed by atoms with Crippen LogP contribution < -0.4 is 5.32 Å². The van der Waals surface area contributed by atoms with Crippen molar-refractivity contribution < 1.29 is 5.11 Å². The van der Waals surface area contributed by atoms with Crippen LogP contribution in [-0.4, -0.2) is 56.0 Å². The molecule has 6 nitrogen and oxygen atoms in total. The predicted molar refractivity (Wildman–Crippen MR) is 69.1 cm³/mol. The van der Waals surface area contributed by atoms with Gasteiger partial charge in [0, 0.05) is 31.7 Å². The molecule has 1 atom stereocenters. The third-order valence-electron chi connectivity index (χ3n) is 3.05. The SMILES string of the molecule is CC(C)(C)NCC(O)CN1CCn2cnnc2C1. The average molecular weight is 253 g/mol. The van der Waals surface area contributed by atoms with Crippen molar-refractivity contribution in [2.24, 2.45) is 0 Å². The van der Waals surface area contributed by atoms with Crippen molar-refractivity contribution in [1.82, 2.24) is 25.0 Å². The van der Waals surface area contributed by atoms with Crippen LogP contribution in [0.3, 0.4) is 0 Å². The van der Waals surface area contributed by atoms with Gasteiger partial charge < -0.3 is 15.0 Å². The maximum atomic E-state index is 10.0. The van der Waals surface area contributed by atoms with Crippen LogP contribution in [0.2, 0.25) is 0 Å². The summed E-state index contributed by atoms with van der Waals surface area (Å²) in [4.78, 5) is 2.22. The molecule has 6 heteroatoms. The van der Waals surface area contributed by atoms with Gasteiger partial charge in [0.2, 0.25) is 0 Å². The zero-order valence-electron chi connectivity index (χ0n) is 11.4. The fourth-order valence-corrected chi connectivity index (χ4v) is 2.06. The van der Waals surface area contributed by atoms with Crippen molar-refractivity contribution in [2.75, 3.05) is 19.6 Å². The van der Waals surface area contributed by atoms with Crippen molar-refractivity contribution in [2.45, 2.75) is 45.5 Å². The largest absolute Gasteiger partial charge is 0.390 e. The number of rotatable bonds is 4. The molecule has 2 N–H and O–H groups in total. The minimum absolute atomic E-state index is 0.0447. The lowest BCUT2D eigenvalue weighted by molar-refractivity contribution is 0.0903. The van der Waals surface area contributed by atoms with Crippen LogP contribution in [0, 0.1) is 0 Å². The molecule has 0 aliphatic carbocycles. The molecule has 0 spiro atoms. The minimum atomic E-state index is -0.348. The molecule has 2 rings (SSSR count). The molecule has 1 aromatic heterocycles. The van der Waals surface area contributed by atoms with Crippen LogP contribution in [0.4, 0.5) is 0 Å². The summed E-state index contributed by atoms with van der Waals surface area (Å²) in [6.45, 7) is 10.2. The van der Waals surface area contributed by atoms with E-state index in [1.165, 1.54) is 0 Å². The second-order valence-electron chi connectivity index (χ2n) is 5.96. The Bertz CT molecular complexity index is 384. The van der Waals surface area contributed by atoms with Crippen LogP contribution >= 0.6 is 0 Å². The van der Waals surface area contributed by atoms with E-state index in [1.54, 1.807) is 6.33 Å². The number of β-amino-alcohol motifs (C(OH)–C–C–N with tert-alkyl or cyclic N) is 1. The monoisotopic (exact) mass is 253 g/mol. The van der Waals surface area contributed by atoms with E-state index >= 15 is 0 Å². The quantitative estimate of drug-likeness (QED) is 0.781. The molecule has 0 saturated carbocycles. The number of nitrogens with one attached hydrogen (secondary N) is 1. The normalized spacial score (nSPS) is 18.7. The fraction of sp³-hybridized carbons (Fsp3) is 0.833. The number of hydrogen-bond donors (Lipinski definition) is 2. The first-order valence-corrected chi connectivity index (χ1v) is 6.46. The zero-order chi connectivity index (χ0) is 13.2. The molecule has 0 fully saturated rings. The Labute approximate surface area is 108 Å². The Balaban J connectivity index is 1.77. The number of nitrogens with zero attached hydrogens (tertiary/aromatic N) is 4. The van der Waals surface area contributed by atoms with Crippen molar-refractivity contribution in [3.8, 4) is 0 Å². The summed E-state index contributed by atoms with van der Waals surface area (Å²) in [5.41, 5.74) is 0.0447. The lowest BCUT2D eigenvalue weighted by Gasteiger charge is -2.30. The topological polar surface area (TPSA) is 66.2 Å². The number of fused-ring (bicyclic) bond motifs is 1. The van der Waals surface area contributed by atoms with E-state index in [-0.39, 0.29) is 11.6 Å². The molecule has 1 unspecified atom stereocenters. The van der Waals surface area contributed by atoms with Gasteiger partial charge in [-0.25, -0.2) is 0 Å². The predicted octanol–water partition coefficient (Wildman–Crippen LogP) is -0.157. The van der Waals surface area contributed by atoms with Crippen molar-refractivity contribution in [3.63, 3.8) is 0 Å². The maximum Gasteiger partial charge on any atom is 0.147 e. The first-order valence-electron chi connectivity index (χ1n) is 6.46. The summed E-state index contributed by atoms with van der Waals surface area (Å²) in [7, 11) is 0. The maximum absolute atomic E-state index is 10.0. The molecular weight excluding hydrogens is 230 g/mol. The summed E-state index contributed by atoms with van der Waals surface area (Å²) in [5.74, 6) is 0.984. The third-order valence-corrected chi connectivity index (χ3v) is 3.05.